The lowest BCUT2D eigenvalue weighted by molar-refractivity contribution is -0.200. The van der Waals surface area contributed by atoms with Gasteiger partial charge >= 0.3 is 5.97 Å². The fraction of sp³-hybridized carbons (Fsp3) is 0.636. The molecule has 0 aromatic heterocycles. The number of hydroxylamine groups is 2. The number of amides is 3. The van der Waals surface area contributed by atoms with Crippen molar-refractivity contribution in [1.29, 1.82) is 0 Å². The van der Waals surface area contributed by atoms with Gasteiger partial charge in [0.15, 0.2) is 0 Å². The van der Waals surface area contributed by atoms with E-state index >= 15 is 0 Å². The molecule has 7 nitrogen and oxygen atoms in total. The second-order valence-corrected chi connectivity index (χ2v) is 4.36. The highest BCUT2D eigenvalue weighted by Crippen LogP contribution is 2.20. The van der Waals surface area contributed by atoms with E-state index in [0.717, 1.165) is 0 Å². The van der Waals surface area contributed by atoms with E-state index in [4.69, 9.17) is 4.84 Å². The van der Waals surface area contributed by atoms with Gasteiger partial charge < -0.3 is 9.74 Å². The predicted octanol–water partition coefficient (Wildman–Crippen LogP) is -0.396. The quantitative estimate of drug-likeness (QED) is 0.626. The van der Waals surface area contributed by atoms with Crippen LogP contribution in [0.3, 0.4) is 0 Å². The molecular formula is C11H14N2O5. The maximum absolute atomic E-state index is 11.8. The molecule has 2 rings (SSSR count). The summed E-state index contributed by atoms with van der Waals surface area (Å²) in [5, 5.41) is 0.513. The van der Waals surface area contributed by atoms with Crippen LogP contribution in [0.25, 0.3) is 0 Å². The van der Waals surface area contributed by atoms with Crippen molar-refractivity contribution in [2.45, 2.75) is 38.6 Å². The monoisotopic (exact) mass is 254 g/mol. The number of carbonyl (C=O) groups is 4. The van der Waals surface area contributed by atoms with Crippen molar-refractivity contribution in [3.8, 4) is 0 Å². The van der Waals surface area contributed by atoms with E-state index in [2.05, 4.69) is 0 Å². The molecule has 0 spiro atoms. The molecule has 0 radical (unpaired) electrons. The van der Waals surface area contributed by atoms with Gasteiger partial charge in [-0.15, -0.1) is 5.06 Å². The Morgan fingerprint density at radius 2 is 1.83 bits per heavy atom. The molecule has 0 N–H and O–H groups in total. The maximum atomic E-state index is 11.8. The van der Waals surface area contributed by atoms with Crippen LogP contribution in [0.15, 0.2) is 0 Å². The van der Waals surface area contributed by atoms with Crippen LogP contribution in [-0.4, -0.2) is 46.2 Å². The van der Waals surface area contributed by atoms with Gasteiger partial charge in [0.2, 0.25) is 5.91 Å². The summed E-state index contributed by atoms with van der Waals surface area (Å²) in [7, 11) is 0. The Labute approximate surface area is 104 Å². The minimum Gasteiger partial charge on any atom is -0.329 e. The van der Waals surface area contributed by atoms with Crippen molar-refractivity contribution >= 4 is 23.7 Å². The highest BCUT2D eigenvalue weighted by atomic mass is 16.7. The summed E-state index contributed by atoms with van der Waals surface area (Å²) in [6, 6.07) is -0.691. The fourth-order valence-corrected chi connectivity index (χ4v) is 2.20. The van der Waals surface area contributed by atoms with E-state index in [9.17, 15) is 19.2 Å². The average Bonchev–Trinajstić information content (AvgIpc) is 2.90. The summed E-state index contributed by atoms with van der Waals surface area (Å²) < 4.78 is 0. The van der Waals surface area contributed by atoms with Gasteiger partial charge in [0.1, 0.15) is 6.04 Å². The minimum absolute atomic E-state index is 0.0627. The van der Waals surface area contributed by atoms with Gasteiger partial charge in [0.25, 0.3) is 11.8 Å². The Morgan fingerprint density at radius 1 is 1.22 bits per heavy atom. The molecule has 2 aliphatic rings. The van der Waals surface area contributed by atoms with Gasteiger partial charge in [-0.2, -0.15) is 0 Å². The zero-order chi connectivity index (χ0) is 13.3. The molecule has 2 aliphatic heterocycles. The SMILES string of the molecule is CC(=O)N1CCC[C@H]1C(=O)ON1C(=O)CCC1=O. The highest BCUT2D eigenvalue weighted by molar-refractivity contribution is 6.01. The molecule has 2 heterocycles. The first-order valence-electron chi connectivity index (χ1n) is 5.85. The Kier molecular flexibility index (Phi) is 3.31. The van der Waals surface area contributed by atoms with Crippen LogP contribution in [0.2, 0.25) is 0 Å². The van der Waals surface area contributed by atoms with E-state index < -0.39 is 23.8 Å². The Balaban J connectivity index is 2.01. The predicted molar refractivity (Wildman–Crippen MR) is 57.6 cm³/mol. The van der Waals surface area contributed by atoms with Crippen LogP contribution < -0.4 is 0 Å². The third-order valence-electron chi connectivity index (χ3n) is 3.12. The largest absolute Gasteiger partial charge is 0.355 e. The molecule has 0 unspecified atom stereocenters. The molecule has 0 aromatic rings. The number of hydrogen-bond acceptors (Lipinski definition) is 5. The third kappa shape index (κ3) is 2.20. The zero-order valence-corrected chi connectivity index (χ0v) is 10.0. The van der Waals surface area contributed by atoms with E-state index in [-0.39, 0.29) is 18.7 Å². The van der Waals surface area contributed by atoms with Gasteiger partial charge in [0, 0.05) is 26.3 Å². The van der Waals surface area contributed by atoms with Crippen LogP contribution in [0, 0.1) is 0 Å². The molecule has 7 heteroatoms. The van der Waals surface area contributed by atoms with Crippen molar-refractivity contribution in [2.75, 3.05) is 6.54 Å². The number of imide groups is 1. The molecule has 0 aromatic carbocycles. The molecule has 0 bridgehead atoms. The van der Waals surface area contributed by atoms with E-state index in [1.165, 1.54) is 11.8 Å². The molecule has 2 saturated heterocycles. The lowest BCUT2D eigenvalue weighted by Gasteiger charge is -2.23. The Morgan fingerprint density at radius 3 is 2.39 bits per heavy atom. The van der Waals surface area contributed by atoms with Crippen LogP contribution >= 0.6 is 0 Å². The van der Waals surface area contributed by atoms with Crippen LogP contribution in [0.1, 0.15) is 32.6 Å². The number of likely N-dealkylation sites (tertiary alicyclic amines) is 1. The summed E-state index contributed by atoms with van der Waals surface area (Å²) in [6.07, 6.45) is 1.33. The molecular weight excluding hydrogens is 240 g/mol. The smallest absolute Gasteiger partial charge is 0.329 e. The van der Waals surface area contributed by atoms with Crippen LogP contribution in [0.4, 0.5) is 0 Å². The van der Waals surface area contributed by atoms with E-state index in [1.54, 1.807) is 0 Å². The third-order valence-corrected chi connectivity index (χ3v) is 3.12. The molecule has 2 fully saturated rings. The lowest BCUT2D eigenvalue weighted by Crippen LogP contribution is -2.44. The molecule has 0 aliphatic carbocycles. The van der Waals surface area contributed by atoms with Crippen LogP contribution in [0.5, 0.6) is 0 Å². The molecule has 98 valence electrons. The summed E-state index contributed by atoms with van der Waals surface area (Å²) in [6.45, 7) is 1.87. The standard InChI is InChI=1S/C11H14N2O5/c1-7(14)12-6-2-3-8(12)11(17)18-13-9(15)4-5-10(13)16/h8H,2-6H2,1H3/t8-/m0/s1. The van der Waals surface area contributed by atoms with Gasteiger partial charge in [-0.3, -0.25) is 14.4 Å². The summed E-state index contributed by atoms with van der Waals surface area (Å²) in [5.74, 6) is -1.96. The lowest BCUT2D eigenvalue weighted by atomic mass is 10.2. The van der Waals surface area contributed by atoms with Gasteiger partial charge in [-0.25, -0.2) is 4.79 Å². The summed E-state index contributed by atoms with van der Waals surface area (Å²) in [4.78, 5) is 51.9. The second kappa shape index (κ2) is 4.75. The van der Waals surface area contributed by atoms with Crippen molar-refractivity contribution in [2.24, 2.45) is 0 Å². The molecule has 1 atom stereocenters. The number of rotatable bonds is 2. The number of hydrogen-bond donors (Lipinski definition) is 0. The van der Waals surface area contributed by atoms with Crippen molar-refractivity contribution in [3.05, 3.63) is 0 Å². The second-order valence-electron chi connectivity index (χ2n) is 4.36. The molecule has 18 heavy (non-hydrogen) atoms. The maximum Gasteiger partial charge on any atom is 0.355 e. The molecule has 0 saturated carbocycles. The first-order valence-corrected chi connectivity index (χ1v) is 5.85. The first-order chi connectivity index (χ1) is 8.50. The van der Waals surface area contributed by atoms with E-state index in [0.29, 0.717) is 24.4 Å². The number of nitrogens with zero attached hydrogens (tertiary/aromatic N) is 2. The van der Waals surface area contributed by atoms with Crippen LogP contribution in [-0.2, 0) is 24.0 Å². The Bertz CT molecular complexity index is 404. The normalized spacial score (nSPS) is 23.7. The summed E-state index contributed by atoms with van der Waals surface area (Å²) in [5.41, 5.74) is 0. The first kappa shape index (κ1) is 12.5. The van der Waals surface area contributed by atoms with Gasteiger partial charge in [-0.05, 0) is 12.8 Å². The Hall–Kier alpha value is -1.92. The summed E-state index contributed by atoms with van der Waals surface area (Å²) >= 11 is 0. The topological polar surface area (TPSA) is 84.0 Å². The minimum atomic E-state index is -0.716. The van der Waals surface area contributed by atoms with E-state index in [1.807, 2.05) is 0 Å². The van der Waals surface area contributed by atoms with Crippen molar-refractivity contribution in [3.63, 3.8) is 0 Å². The van der Waals surface area contributed by atoms with Crippen molar-refractivity contribution < 1.29 is 24.0 Å². The van der Waals surface area contributed by atoms with Crippen molar-refractivity contribution in [1.82, 2.24) is 9.96 Å². The van der Waals surface area contributed by atoms with Gasteiger partial charge in [-0.1, -0.05) is 0 Å². The average molecular weight is 254 g/mol. The highest BCUT2D eigenvalue weighted by Gasteiger charge is 2.39. The number of carbonyl (C=O) groups excluding carboxylic acids is 4. The zero-order valence-electron chi connectivity index (χ0n) is 10.0. The van der Waals surface area contributed by atoms with Gasteiger partial charge in [0.05, 0.1) is 0 Å². The fourth-order valence-electron chi connectivity index (χ4n) is 2.20. The molecule has 3 amide bonds.